The molecule has 2 heteroatoms. The zero-order chi connectivity index (χ0) is 36.2. The topological polar surface area (TPSA) is 9.86 Å². The maximum Gasteiger partial charge on any atom is 0.0645 e. The molecule has 0 radical (unpaired) electrons. The highest BCUT2D eigenvalue weighted by Gasteiger charge is 2.20. The van der Waals surface area contributed by atoms with E-state index in [1.54, 1.807) is 0 Å². The van der Waals surface area contributed by atoms with E-state index in [-0.39, 0.29) is 29.9 Å². The highest BCUT2D eigenvalue weighted by molar-refractivity contribution is 6.25. The summed E-state index contributed by atoms with van der Waals surface area (Å²) in [6.45, 7) is 0. The number of aromatic nitrogens is 2. The molecule has 232 valence electrons. The fraction of sp³-hybridized carbons (Fsp3) is 0. The largest absolute Gasteiger partial charge is 0.309 e. The predicted molar refractivity (Wildman–Crippen MR) is 213 cm³/mol. The van der Waals surface area contributed by atoms with Crippen molar-refractivity contribution in [2.45, 2.75) is 0 Å². The molecular weight excluding hydrogens is 605 g/mol. The minimum atomic E-state index is -0.0812. The molecule has 2 heterocycles. The van der Waals surface area contributed by atoms with E-state index in [1.807, 2.05) is 65.2 Å². The molecule has 0 spiro atoms. The number of hydrogen-bond donors (Lipinski definition) is 0. The van der Waals surface area contributed by atoms with Crippen molar-refractivity contribution in [2.75, 3.05) is 0 Å². The van der Waals surface area contributed by atoms with Gasteiger partial charge in [0.1, 0.15) is 0 Å². The summed E-state index contributed by atoms with van der Waals surface area (Å²) in [6, 6.07) is 53.7. The molecule has 0 unspecified atom stereocenters. The Balaban J connectivity index is 1.29. The van der Waals surface area contributed by atoms with Crippen molar-refractivity contribution < 1.29 is 5.48 Å². The van der Waals surface area contributed by atoms with Crippen LogP contribution in [0.15, 0.2) is 182 Å². The number of para-hydroxylation sites is 1. The van der Waals surface area contributed by atoms with E-state index >= 15 is 0 Å². The summed E-state index contributed by atoms with van der Waals surface area (Å²) in [5.41, 5.74) is 6.01. The Kier molecular flexibility index (Phi) is 4.93. The molecule has 2 aromatic heterocycles. The average molecular weight is 639 g/mol. The van der Waals surface area contributed by atoms with E-state index in [9.17, 15) is 5.48 Å². The smallest absolute Gasteiger partial charge is 0.0645 e. The van der Waals surface area contributed by atoms with Crippen LogP contribution < -0.4 is 0 Å². The summed E-state index contributed by atoms with van der Waals surface area (Å²) >= 11 is 0. The number of rotatable bonds is 3. The predicted octanol–water partition coefficient (Wildman–Crippen LogP) is 13.0. The Morgan fingerprint density at radius 3 is 1.76 bits per heavy atom. The van der Waals surface area contributed by atoms with Gasteiger partial charge in [0.15, 0.2) is 0 Å². The van der Waals surface area contributed by atoms with Crippen LogP contribution in [-0.2, 0) is 0 Å². The van der Waals surface area contributed by atoms with Crippen LogP contribution in [0.2, 0.25) is 0 Å². The van der Waals surface area contributed by atoms with Gasteiger partial charge >= 0.3 is 0 Å². The van der Waals surface area contributed by atoms with E-state index in [0.29, 0.717) is 11.1 Å². The second-order valence-corrected chi connectivity index (χ2v) is 13.0. The summed E-state index contributed by atoms with van der Waals surface area (Å²) < 4.78 is 42.2. The molecule has 0 aliphatic carbocycles. The van der Waals surface area contributed by atoms with Crippen LogP contribution in [0.4, 0.5) is 0 Å². The molecule has 0 bridgehead atoms. The van der Waals surface area contributed by atoms with Crippen LogP contribution in [0.25, 0.3) is 98.4 Å². The average Bonchev–Trinajstić information content (AvgIpc) is 3.71. The Morgan fingerprint density at radius 1 is 0.360 bits per heavy atom. The summed E-state index contributed by atoms with van der Waals surface area (Å²) in [7, 11) is 0. The van der Waals surface area contributed by atoms with E-state index in [0.717, 1.165) is 65.5 Å². The summed E-state index contributed by atoms with van der Waals surface area (Å²) in [6.07, 6.45) is 0. The van der Waals surface area contributed by atoms with Crippen molar-refractivity contribution in [1.82, 2.24) is 9.13 Å². The molecule has 11 rings (SSSR count). The summed E-state index contributed by atoms with van der Waals surface area (Å²) in [4.78, 5) is 0. The molecular formula is C48H30N2. The molecule has 0 atom stereocenters. The van der Waals surface area contributed by atoms with E-state index < -0.39 is 0 Å². The third-order valence-corrected chi connectivity index (χ3v) is 10.4. The fourth-order valence-electron chi connectivity index (χ4n) is 8.15. The van der Waals surface area contributed by atoms with Gasteiger partial charge in [-0.3, -0.25) is 0 Å². The van der Waals surface area contributed by atoms with E-state index in [1.165, 1.54) is 16.2 Å². The zero-order valence-electron chi connectivity index (χ0n) is 30.9. The van der Waals surface area contributed by atoms with Gasteiger partial charge in [-0.15, -0.1) is 0 Å². The van der Waals surface area contributed by atoms with Crippen LogP contribution in [0.5, 0.6) is 0 Å². The number of hydrogen-bond acceptors (Lipinski definition) is 0. The first-order valence-electron chi connectivity index (χ1n) is 19.0. The maximum absolute atomic E-state index is 9.55. The summed E-state index contributed by atoms with van der Waals surface area (Å²) in [5, 5.41) is 10.7. The zero-order valence-corrected chi connectivity index (χ0v) is 26.9. The molecule has 0 aliphatic heterocycles. The lowest BCUT2D eigenvalue weighted by atomic mass is 9.98. The molecule has 0 fully saturated rings. The number of fused-ring (bicyclic) bond motifs is 10. The van der Waals surface area contributed by atoms with Gasteiger partial charge in [-0.1, -0.05) is 139 Å². The number of benzene rings is 9. The fourth-order valence-corrected chi connectivity index (χ4v) is 8.15. The third-order valence-electron chi connectivity index (χ3n) is 10.4. The molecule has 0 amide bonds. The Bertz CT molecular complexity index is 3350. The standard InChI is InChI=1S/C48H30N2/c1-4-16-36-31(11-1)14-9-20-37(36)34-23-26-35(27-24-34)49-44-21-8-7-19-40(44)41-29-42-47(30-46(41)49)50(43-22-10-15-32-12-2-5-17-38(32)43)45-28-25-33-13-3-6-18-39(33)48(42)45/h1-30H/i23D,24D,26D,27D. The van der Waals surface area contributed by atoms with E-state index in [2.05, 4.69) is 102 Å². The van der Waals surface area contributed by atoms with Crippen molar-refractivity contribution in [3.05, 3.63) is 182 Å². The first kappa shape index (κ1) is 23.6. The van der Waals surface area contributed by atoms with Gasteiger partial charge in [-0.25, -0.2) is 0 Å². The second kappa shape index (κ2) is 10.4. The molecule has 0 aliphatic rings. The van der Waals surface area contributed by atoms with Crippen molar-refractivity contribution in [3.8, 4) is 22.5 Å². The Labute approximate surface area is 294 Å². The van der Waals surface area contributed by atoms with Crippen LogP contribution in [0, 0.1) is 0 Å². The molecule has 9 aromatic carbocycles. The van der Waals surface area contributed by atoms with Crippen molar-refractivity contribution in [3.63, 3.8) is 0 Å². The van der Waals surface area contributed by atoms with Crippen LogP contribution in [0.1, 0.15) is 5.48 Å². The van der Waals surface area contributed by atoms with Crippen molar-refractivity contribution >= 4 is 75.9 Å². The minimum absolute atomic E-state index is 0.0642. The van der Waals surface area contributed by atoms with Gasteiger partial charge in [0.2, 0.25) is 0 Å². The lowest BCUT2D eigenvalue weighted by Gasteiger charge is -2.13. The Morgan fingerprint density at radius 2 is 0.960 bits per heavy atom. The monoisotopic (exact) mass is 638 g/mol. The maximum atomic E-state index is 9.55. The van der Waals surface area contributed by atoms with Gasteiger partial charge in [-0.05, 0) is 80.5 Å². The SMILES string of the molecule is [2H]c1c([2H])c(-n2c3ccccc3c3cc4c5c6ccccc6ccc5n(-c5cccc6ccccc56)c4cc32)c([2H])c([2H])c1-c1cccc2ccccc12. The molecule has 0 N–H and O–H groups in total. The molecule has 50 heavy (non-hydrogen) atoms. The van der Waals surface area contributed by atoms with E-state index in [4.69, 9.17) is 0 Å². The normalized spacial score (nSPS) is 13.1. The minimum Gasteiger partial charge on any atom is -0.309 e. The molecule has 0 saturated carbocycles. The third kappa shape index (κ3) is 3.85. The summed E-state index contributed by atoms with van der Waals surface area (Å²) in [5.74, 6) is 0. The lowest BCUT2D eigenvalue weighted by molar-refractivity contribution is 1.17. The van der Waals surface area contributed by atoms with Crippen LogP contribution in [0.3, 0.4) is 0 Å². The van der Waals surface area contributed by atoms with Gasteiger partial charge in [0.25, 0.3) is 0 Å². The molecule has 0 saturated heterocycles. The second-order valence-electron chi connectivity index (χ2n) is 13.0. The van der Waals surface area contributed by atoms with Gasteiger partial charge < -0.3 is 9.13 Å². The van der Waals surface area contributed by atoms with Gasteiger partial charge in [0.05, 0.1) is 33.2 Å². The first-order chi connectivity index (χ1) is 26.5. The number of nitrogens with zero attached hydrogens (tertiary/aromatic N) is 2. The quantitative estimate of drug-likeness (QED) is 0.182. The lowest BCUT2D eigenvalue weighted by Crippen LogP contribution is -1.97. The molecule has 11 aromatic rings. The van der Waals surface area contributed by atoms with Gasteiger partial charge in [-0.2, -0.15) is 0 Å². The molecule has 2 nitrogen and oxygen atoms in total. The van der Waals surface area contributed by atoms with Gasteiger partial charge in [0, 0.05) is 32.6 Å². The van der Waals surface area contributed by atoms with Crippen LogP contribution in [-0.4, -0.2) is 9.13 Å². The first-order valence-corrected chi connectivity index (χ1v) is 17.0. The van der Waals surface area contributed by atoms with Crippen LogP contribution >= 0.6 is 0 Å². The highest BCUT2D eigenvalue weighted by atomic mass is 15.0. The Hall–Kier alpha value is -6.64. The van der Waals surface area contributed by atoms with Crippen molar-refractivity contribution in [2.24, 2.45) is 0 Å². The highest BCUT2D eigenvalue weighted by Crippen LogP contribution is 2.43. The van der Waals surface area contributed by atoms with Crippen molar-refractivity contribution in [1.29, 1.82) is 0 Å².